The minimum atomic E-state index is 0.360. The summed E-state index contributed by atoms with van der Waals surface area (Å²) in [6.07, 6.45) is 6.36. The Hall–Kier alpha value is -0.120. The minimum Gasteiger partial charge on any atom is -0.373 e. The van der Waals surface area contributed by atoms with Crippen molar-refractivity contribution < 1.29 is 14.2 Å². The molecular weight excluding hydrogens is 228 g/mol. The third kappa shape index (κ3) is 3.94. The minimum absolute atomic E-state index is 0.360. The van der Waals surface area contributed by atoms with E-state index < -0.39 is 0 Å². The molecule has 0 aromatic rings. The first-order chi connectivity index (χ1) is 8.44. The van der Waals surface area contributed by atoms with Crippen LogP contribution in [0.3, 0.4) is 0 Å². The Bertz CT molecular complexity index is 259. The van der Waals surface area contributed by atoms with Gasteiger partial charge in [0.15, 0.2) is 0 Å². The van der Waals surface area contributed by atoms with E-state index in [1.807, 2.05) is 0 Å². The second-order valence-electron chi connectivity index (χ2n) is 7.72. The Morgan fingerprint density at radius 2 is 1.11 bits per heavy atom. The van der Waals surface area contributed by atoms with Gasteiger partial charge in [-0.1, -0.05) is 20.8 Å². The molecule has 3 heterocycles. The van der Waals surface area contributed by atoms with Gasteiger partial charge in [-0.15, -0.1) is 0 Å². The van der Waals surface area contributed by atoms with Gasteiger partial charge in [-0.05, 0) is 36.5 Å². The van der Waals surface area contributed by atoms with Gasteiger partial charge in [-0.3, -0.25) is 0 Å². The molecule has 3 fully saturated rings. The van der Waals surface area contributed by atoms with Crippen molar-refractivity contribution >= 4 is 0 Å². The van der Waals surface area contributed by atoms with Gasteiger partial charge in [0.25, 0.3) is 0 Å². The summed E-state index contributed by atoms with van der Waals surface area (Å²) in [5.41, 5.74) is 0.723. The molecule has 3 unspecified atom stereocenters. The number of rotatable bonds is 7. The van der Waals surface area contributed by atoms with E-state index in [4.69, 9.17) is 14.2 Å². The fraction of sp³-hybridized carbons (Fsp3) is 1.00. The lowest BCUT2D eigenvalue weighted by Crippen LogP contribution is -2.32. The maximum absolute atomic E-state index is 5.50. The Kier molecular flexibility index (Phi) is 3.20. The number of ether oxygens (including phenoxy) is 3. The second kappa shape index (κ2) is 4.46. The number of hydrogen-bond acceptors (Lipinski definition) is 3. The van der Waals surface area contributed by atoms with Crippen LogP contribution in [0.15, 0.2) is 0 Å². The molecule has 3 aliphatic rings. The molecular formula is C15H26O3. The molecule has 3 heteroatoms. The van der Waals surface area contributed by atoms with Crippen LogP contribution in [0, 0.1) is 10.8 Å². The molecule has 3 atom stereocenters. The molecule has 104 valence electrons. The third-order valence-corrected chi connectivity index (χ3v) is 4.09. The van der Waals surface area contributed by atoms with Crippen LogP contribution in [0.1, 0.15) is 46.5 Å². The molecule has 0 amide bonds. The van der Waals surface area contributed by atoms with Crippen molar-refractivity contribution in [1.29, 1.82) is 0 Å². The monoisotopic (exact) mass is 254 g/mol. The fourth-order valence-electron chi connectivity index (χ4n) is 3.60. The normalized spacial score (nSPS) is 37.2. The van der Waals surface area contributed by atoms with Gasteiger partial charge in [0.2, 0.25) is 0 Å². The van der Waals surface area contributed by atoms with Crippen molar-refractivity contribution in [3.8, 4) is 0 Å². The standard InChI is InChI=1S/C15H26O3/c1-14(2,3)10-15(4-11-7-16-11,5-12-8-17-12)6-13-9-18-13/h11-13H,4-10H2,1-3H3. The summed E-state index contributed by atoms with van der Waals surface area (Å²) in [5, 5.41) is 0. The van der Waals surface area contributed by atoms with Crippen LogP contribution >= 0.6 is 0 Å². The van der Waals surface area contributed by atoms with Crippen molar-refractivity contribution in [2.45, 2.75) is 64.8 Å². The second-order valence-corrected chi connectivity index (χ2v) is 7.72. The van der Waals surface area contributed by atoms with Gasteiger partial charge < -0.3 is 14.2 Å². The van der Waals surface area contributed by atoms with Crippen molar-refractivity contribution in [3.63, 3.8) is 0 Å². The lowest BCUT2D eigenvalue weighted by atomic mass is 9.66. The molecule has 3 rings (SSSR count). The maximum atomic E-state index is 5.50. The Morgan fingerprint density at radius 1 is 0.778 bits per heavy atom. The van der Waals surface area contributed by atoms with Crippen LogP contribution in [0.4, 0.5) is 0 Å². The topological polar surface area (TPSA) is 37.6 Å². The summed E-state index contributed by atoms with van der Waals surface area (Å²) in [4.78, 5) is 0. The molecule has 0 spiro atoms. The summed E-state index contributed by atoms with van der Waals surface area (Å²) >= 11 is 0. The van der Waals surface area contributed by atoms with E-state index in [1.165, 1.54) is 25.7 Å². The molecule has 0 bridgehead atoms. The highest BCUT2D eigenvalue weighted by molar-refractivity contribution is 4.96. The zero-order chi connectivity index (χ0) is 12.8. The van der Waals surface area contributed by atoms with E-state index in [2.05, 4.69) is 20.8 Å². The molecule has 3 saturated heterocycles. The first-order valence-corrected chi connectivity index (χ1v) is 7.29. The molecule has 3 aliphatic heterocycles. The van der Waals surface area contributed by atoms with Crippen LogP contribution in [0.25, 0.3) is 0 Å². The first-order valence-electron chi connectivity index (χ1n) is 7.29. The molecule has 3 nitrogen and oxygen atoms in total. The van der Waals surface area contributed by atoms with E-state index in [1.54, 1.807) is 0 Å². The van der Waals surface area contributed by atoms with Crippen LogP contribution in [0.5, 0.6) is 0 Å². The van der Waals surface area contributed by atoms with Gasteiger partial charge in [0, 0.05) is 0 Å². The van der Waals surface area contributed by atoms with Gasteiger partial charge >= 0.3 is 0 Å². The van der Waals surface area contributed by atoms with Crippen LogP contribution in [-0.2, 0) is 14.2 Å². The van der Waals surface area contributed by atoms with E-state index >= 15 is 0 Å². The SMILES string of the molecule is CC(C)(C)CC(CC1CO1)(CC1CO1)CC1CO1. The summed E-state index contributed by atoms with van der Waals surface area (Å²) in [7, 11) is 0. The van der Waals surface area contributed by atoms with E-state index in [0.29, 0.717) is 29.1 Å². The Balaban J connectivity index is 1.70. The highest BCUT2D eigenvalue weighted by atomic mass is 16.6. The van der Waals surface area contributed by atoms with Crippen LogP contribution in [0.2, 0.25) is 0 Å². The number of hydrogen-bond donors (Lipinski definition) is 0. The summed E-state index contributed by atoms with van der Waals surface area (Å²) in [5.74, 6) is 0. The molecule has 0 aromatic heterocycles. The zero-order valence-electron chi connectivity index (χ0n) is 11.9. The molecule has 0 N–H and O–H groups in total. The summed E-state index contributed by atoms with van der Waals surface area (Å²) < 4.78 is 16.5. The van der Waals surface area contributed by atoms with Crippen molar-refractivity contribution in [2.24, 2.45) is 10.8 Å². The predicted octanol–water partition coefficient (Wildman–Crippen LogP) is 2.78. The summed E-state index contributed by atoms with van der Waals surface area (Å²) in [6.45, 7) is 9.92. The molecule has 0 saturated carbocycles. The summed E-state index contributed by atoms with van der Waals surface area (Å²) in [6, 6.07) is 0. The van der Waals surface area contributed by atoms with E-state index in [0.717, 1.165) is 19.8 Å². The van der Waals surface area contributed by atoms with E-state index in [-0.39, 0.29) is 0 Å². The average Bonchev–Trinajstić information content (AvgIpc) is 3.03. The largest absolute Gasteiger partial charge is 0.373 e. The maximum Gasteiger partial charge on any atom is 0.0815 e. The first kappa shape index (κ1) is 12.9. The third-order valence-electron chi connectivity index (χ3n) is 4.09. The highest BCUT2D eigenvalue weighted by Crippen LogP contribution is 2.49. The van der Waals surface area contributed by atoms with Crippen molar-refractivity contribution in [3.05, 3.63) is 0 Å². The Morgan fingerprint density at radius 3 is 1.33 bits per heavy atom. The van der Waals surface area contributed by atoms with Crippen molar-refractivity contribution in [2.75, 3.05) is 19.8 Å². The Labute approximate surface area is 110 Å². The van der Waals surface area contributed by atoms with Gasteiger partial charge in [-0.25, -0.2) is 0 Å². The van der Waals surface area contributed by atoms with Gasteiger partial charge in [0.05, 0.1) is 38.1 Å². The average molecular weight is 254 g/mol. The van der Waals surface area contributed by atoms with Crippen LogP contribution < -0.4 is 0 Å². The molecule has 18 heavy (non-hydrogen) atoms. The van der Waals surface area contributed by atoms with Gasteiger partial charge in [0.1, 0.15) is 0 Å². The predicted molar refractivity (Wildman–Crippen MR) is 69.6 cm³/mol. The zero-order valence-corrected chi connectivity index (χ0v) is 11.9. The number of epoxide rings is 3. The van der Waals surface area contributed by atoms with Crippen LogP contribution in [-0.4, -0.2) is 38.1 Å². The molecule has 0 radical (unpaired) electrons. The van der Waals surface area contributed by atoms with E-state index in [9.17, 15) is 0 Å². The molecule has 0 aliphatic carbocycles. The lowest BCUT2D eigenvalue weighted by molar-refractivity contribution is 0.0954. The quantitative estimate of drug-likeness (QED) is 0.656. The van der Waals surface area contributed by atoms with Gasteiger partial charge in [-0.2, -0.15) is 0 Å². The fourth-order valence-corrected chi connectivity index (χ4v) is 3.60. The lowest BCUT2D eigenvalue weighted by Gasteiger charge is -2.38. The molecule has 0 aromatic carbocycles. The van der Waals surface area contributed by atoms with Crippen molar-refractivity contribution in [1.82, 2.24) is 0 Å². The highest BCUT2D eigenvalue weighted by Gasteiger charge is 2.47. The smallest absolute Gasteiger partial charge is 0.0815 e.